The first kappa shape index (κ1) is 23.3. The Morgan fingerprint density at radius 2 is 1.81 bits per heavy atom. The summed E-state index contributed by atoms with van der Waals surface area (Å²) in [5.74, 6) is 0.110. The van der Waals surface area contributed by atoms with Crippen molar-refractivity contribution in [2.24, 2.45) is 0 Å². The fourth-order valence-electron chi connectivity index (χ4n) is 4.29. The number of hydrogen-bond acceptors (Lipinski definition) is 4. The summed E-state index contributed by atoms with van der Waals surface area (Å²) in [6.07, 6.45) is 3.49. The van der Waals surface area contributed by atoms with Gasteiger partial charge in [0.25, 0.3) is 5.56 Å². The Morgan fingerprint density at radius 1 is 1.12 bits per heavy atom. The molecule has 0 unspecified atom stereocenters. The van der Waals surface area contributed by atoms with Gasteiger partial charge in [0.15, 0.2) is 0 Å². The highest BCUT2D eigenvalue weighted by Crippen LogP contribution is 2.17. The number of nitrogens with one attached hydrogen (secondary N) is 2. The van der Waals surface area contributed by atoms with Crippen molar-refractivity contribution in [1.82, 2.24) is 15.2 Å². The Labute approximate surface area is 188 Å². The molecule has 1 aromatic heterocycles. The molecule has 1 fully saturated rings. The van der Waals surface area contributed by atoms with Crippen molar-refractivity contribution in [3.05, 3.63) is 68.6 Å². The van der Waals surface area contributed by atoms with Crippen molar-refractivity contribution in [3.63, 3.8) is 0 Å². The first-order valence-electron chi connectivity index (χ1n) is 11.1. The van der Waals surface area contributed by atoms with Crippen molar-refractivity contribution in [2.75, 3.05) is 13.1 Å². The summed E-state index contributed by atoms with van der Waals surface area (Å²) in [4.78, 5) is 41.4. The fraction of sp³-hybridized carbons (Fsp3) is 0.440. The SMILES string of the molecule is Cc1[nH]c(=O)c(C#N)c(C)c1CCC(=O)N1CCC(NC(=O)CCc2ccccc2)CC1. The fourth-order valence-corrected chi connectivity index (χ4v) is 4.29. The van der Waals surface area contributed by atoms with Gasteiger partial charge in [-0.1, -0.05) is 30.3 Å². The number of benzene rings is 1. The van der Waals surface area contributed by atoms with Crippen LogP contribution in [0.25, 0.3) is 0 Å². The first-order chi connectivity index (χ1) is 15.4. The van der Waals surface area contributed by atoms with Crippen LogP contribution in [0.3, 0.4) is 0 Å². The van der Waals surface area contributed by atoms with Crippen molar-refractivity contribution >= 4 is 11.8 Å². The van der Waals surface area contributed by atoms with E-state index >= 15 is 0 Å². The van der Waals surface area contributed by atoms with Crippen LogP contribution in [-0.4, -0.2) is 40.8 Å². The lowest BCUT2D eigenvalue weighted by Gasteiger charge is -2.32. The van der Waals surface area contributed by atoms with E-state index in [4.69, 9.17) is 0 Å². The normalized spacial score (nSPS) is 14.1. The Hall–Kier alpha value is -3.40. The van der Waals surface area contributed by atoms with Gasteiger partial charge in [-0.05, 0) is 56.2 Å². The first-order valence-corrected chi connectivity index (χ1v) is 11.1. The van der Waals surface area contributed by atoms with E-state index in [9.17, 15) is 19.6 Å². The van der Waals surface area contributed by atoms with Crippen LogP contribution in [0, 0.1) is 25.2 Å². The van der Waals surface area contributed by atoms with Gasteiger partial charge >= 0.3 is 0 Å². The Kier molecular flexibility index (Phi) is 7.82. The molecule has 2 heterocycles. The summed E-state index contributed by atoms with van der Waals surface area (Å²) >= 11 is 0. The van der Waals surface area contributed by atoms with Gasteiger partial charge in [0.1, 0.15) is 11.6 Å². The van der Waals surface area contributed by atoms with Gasteiger partial charge < -0.3 is 15.2 Å². The minimum absolute atomic E-state index is 0.0518. The number of hydrogen-bond donors (Lipinski definition) is 2. The number of nitriles is 1. The zero-order valence-electron chi connectivity index (χ0n) is 18.7. The molecular formula is C25H30N4O3. The van der Waals surface area contributed by atoms with Crippen LogP contribution in [0.4, 0.5) is 0 Å². The number of nitrogens with zero attached hydrogens (tertiary/aromatic N) is 2. The largest absolute Gasteiger partial charge is 0.353 e. The Balaban J connectivity index is 1.44. The molecule has 1 aliphatic rings. The minimum Gasteiger partial charge on any atom is -0.353 e. The van der Waals surface area contributed by atoms with Crippen molar-refractivity contribution < 1.29 is 9.59 Å². The average molecular weight is 435 g/mol. The molecule has 7 nitrogen and oxygen atoms in total. The molecule has 2 amide bonds. The van der Waals surface area contributed by atoms with E-state index in [-0.39, 0.29) is 29.0 Å². The maximum absolute atomic E-state index is 12.7. The van der Waals surface area contributed by atoms with E-state index < -0.39 is 0 Å². The van der Waals surface area contributed by atoms with Gasteiger partial charge in [0.2, 0.25) is 11.8 Å². The Bertz CT molecular complexity index is 1060. The summed E-state index contributed by atoms with van der Waals surface area (Å²) < 4.78 is 0. The summed E-state index contributed by atoms with van der Waals surface area (Å²) in [6, 6.07) is 12.0. The van der Waals surface area contributed by atoms with Crippen LogP contribution in [0.5, 0.6) is 0 Å². The summed E-state index contributed by atoms with van der Waals surface area (Å²) in [6.45, 7) is 4.79. The molecule has 0 atom stereocenters. The number of aromatic amines is 1. The minimum atomic E-state index is -0.384. The number of piperidine rings is 1. The van der Waals surface area contributed by atoms with Gasteiger partial charge in [0, 0.05) is 37.7 Å². The summed E-state index contributed by atoms with van der Waals surface area (Å²) in [5.41, 5.74) is 3.09. The topological polar surface area (TPSA) is 106 Å². The van der Waals surface area contributed by atoms with E-state index in [0.29, 0.717) is 43.6 Å². The maximum Gasteiger partial charge on any atom is 0.266 e. The highest BCUT2D eigenvalue weighted by molar-refractivity contribution is 5.77. The van der Waals surface area contributed by atoms with Gasteiger partial charge in [-0.3, -0.25) is 14.4 Å². The van der Waals surface area contributed by atoms with Crippen LogP contribution in [-0.2, 0) is 22.4 Å². The second-order valence-electron chi connectivity index (χ2n) is 8.38. The van der Waals surface area contributed by atoms with E-state index in [1.807, 2.05) is 41.3 Å². The van der Waals surface area contributed by atoms with Crippen molar-refractivity contribution in [2.45, 2.75) is 58.4 Å². The molecule has 7 heteroatoms. The number of carbonyl (C=O) groups excluding carboxylic acids is 2. The number of carbonyl (C=O) groups is 2. The number of H-pyrrole nitrogens is 1. The van der Waals surface area contributed by atoms with Crippen LogP contribution < -0.4 is 10.9 Å². The standard InChI is InChI=1S/C25H30N4O3/c1-17-21(18(2)27-25(32)22(17)16-26)9-11-24(31)29-14-12-20(13-15-29)28-23(30)10-8-19-6-4-3-5-7-19/h3-7,20H,8-15H2,1-2H3,(H,27,32)(H,28,30). The lowest BCUT2D eigenvalue weighted by atomic mass is 9.98. The molecule has 0 spiro atoms. The second-order valence-corrected chi connectivity index (χ2v) is 8.38. The molecule has 1 aromatic carbocycles. The van der Waals surface area contributed by atoms with Crippen molar-refractivity contribution in [1.29, 1.82) is 5.26 Å². The van der Waals surface area contributed by atoms with E-state index in [2.05, 4.69) is 10.3 Å². The molecule has 2 N–H and O–H groups in total. The molecule has 1 aliphatic heterocycles. The van der Waals surface area contributed by atoms with Gasteiger partial charge in [-0.15, -0.1) is 0 Å². The lowest BCUT2D eigenvalue weighted by molar-refractivity contribution is -0.132. The number of rotatable bonds is 7. The van der Waals surface area contributed by atoms with E-state index in [1.165, 1.54) is 0 Å². The number of amides is 2. The molecule has 1 saturated heterocycles. The van der Waals surface area contributed by atoms with Crippen LogP contribution in [0.1, 0.15) is 53.6 Å². The molecule has 0 saturated carbocycles. The molecule has 2 aromatic rings. The van der Waals surface area contributed by atoms with Gasteiger partial charge in [0.05, 0.1) is 0 Å². The van der Waals surface area contributed by atoms with Crippen LogP contribution in [0.15, 0.2) is 35.1 Å². The summed E-state index contributed by atoms with van der Waals surface area (Å²) in [5, 5.41) is 12.3. The predicted octanol–water partition coefficient (Wildman–Crippen LogP) is 2.54. The molecule has 0 radical (unpaired) electrons. The smallest absolute Gasteiger partial charge is 0.266 e. The zero-order valence-corrected chi connectivity index (χ0v) is 18.7. The average Bonchev–Trinajstić information content (AvgIpc) is 2.78. The monoisotopic (exact) mass is 434 g/mol. The van der Waals surface area contributed by atoms with Gasteiger partial charge in [-0.2, -0.15) is 5.26 Å². The second kappa shape index (κ2) is 10.8. The molecule has 0 aliphatic carbocycles. The predicted molar refractivity (Wildman–Crippen MR) is 122 cm³/mol. The zero-order chi connectivity index (χ0) is 23.1. The molecular weight excluding hydrogens is 404 g/mol. The Morgan fingerprint density at radius 3 is 2.47 bits per heavy atom. The highest BCUT2D eigenvalue weighted by atomic mass is 16.2. The van der Waals surface area contributed by atoms with Crippen LogP contribution in [0.2, 0.25) is 0 Å². The highest BCUT2D eigenvalue weighted by Gasteiger charge is 2.24. The quantitative estimate of drug-likeness (QED) is 0.698. The maximum atomic E-state index is 12.7. The third-order valence-corrected chi connectivity index (χ3v) is 6.21. The molecule has 0 bridgehead atoms. The molecule has 3 rings (SSSR count). The number of aryl methyl sites for hydroxylation is 2. The lowest BCUT2D eigenvalue weighted by Crippen LogP contribution is -2.46. The molecule has 168 valence electrons. The van der Waals surface area contributed by atoms with E-state index in [0.717, 1.165) is 30.4 Å². The number of aromatic nitrogens is 1. The molecule has 32 heavy (non-hydrogen) atoms. The van der Waals surface area contributed by atoms with Crippen LogP contribution >= 0.6 is 0 Å². The third-order valence-electron chi connectivity index (χ3n) is 6.21. The third kappa shape index (κ3) is 5.85. The number of likely N-dealkylation sites (tertiary alicyclic amines) is 1. The van der Waals surface area contributed by atoms with E-state index in [1.54, 1.807) is 13.8 Å². The van der Waals surface area contributed by atoms with Crippen molar-refractivity contribution in [3.8, 4) is 6.07 Å². The summed E-state index contributed by atoms with van der Waals surface area (Å²) in [7, 11) is 0. The van der Waals surface area contributed by atoms with Gasteiger partial charge in [-0.25, -0.2) is 0 Å². The number of pyridine rings is 1.